The fraction of sp³-hybridized carbons (Fsp3) is 0.385. The van der Waals surface area contributed by atoms with Gasteiger partial charge in [-0.2, -0.15) is 0 Å². The van der Waals surface area contributed by atoms with Crippen molar-refractivity contribution in [1.82, 2.24) is 9.97 Å². The third-order valence-corrected chi connectivity index (χ3v) is 3.63. The minimum atomic E-state index is -0.119. The van der Waals surface area contributed by atoms with Crippen LogP contribution in [0.15, 0.2) is 28.4 Å². The monoisotopic (exact) mass is 263 g/mol. The van der Waals surface area contributed by atoms with Crippen molar-refractivity contribution in [3.8, 4) is 0 Å². The zero-order valence-corrected chi connectivity index (χ0v) is 11.4. The van der Waals surface area contributed by atoms with Gasteiger partial charge in [0.1, 0.15) is 11.6 Å². The number of nitrogens with zero attached hydrogens (tertiary/aromatic N) is 1. The van der Waals surface area contributed by atoms with Crippen LogP contribution in [-0.4, -0.2) is 9.97 Å². The number of H-pyrrole nitrogens is 1. The van der Waals surface area contributed by atoms with Gasteiger partial charge in [0.05, 0.1) is 6.04 Å². The van der Waals surface area contributed by atoms with Gasteiger partial charge in [-0.3, -0.25) is 4.79 Å². The first-order valence-corrected chi connectivity index (χ1v) is 6.95. The van der Waals surface area contributed by atoms with Crippen LogP contribution in [0.3, 0.4) is 0 Å². The summed E-state index contributed by atoms with van der Waals surface area (Å²) in [6.45, 7) is 3.94. The molecule has 1 atom stereocenters. The van der Waals surface area contributed by atoms with Crippen LogP contribution in [-0.2, 0) is 0 Å². The maximum atomic E-state index is 11.4. The third-order valence-electron chi connectivity index (χ3n) is 2.65. The summed E-state index contributed by atoms with van der Waals surface area (Å²) < 4.78 is 0. The largest absolute Gasteiger partial charge is 0.362 e. The van der Waals surface area contributed by atoms with E-state index >= 15 is 0 Å². The average Bonchev–Trinajstić information content (AvgIpc) is 2.80. The number of nitrogens with one attached hydrogen (secondary N) is 2. The number of aromatic nitrogens is 2. The maximum Gasteiger partial charge on any atom is 0.252 e. The van der Waals surface area contributed by atoms with Gasteiger partial charge >= 0.3 is 0 Å². The van der Waals surface area contributed by atoms with Crippen molar-refractivity contribution in [3.05, 3.63) is 44.6 Å². The van der Waals surface area contributed by atoms with E-state index in [0.717, 1.165) is 12.8 Å². The van der Waals surface area contributed by atoms with Gasteiger partial charge in [-0.05, 0) is 24.8 Å². The Balaban J connectivity index is 2.21. The summed E-state index contributed by atoms with van der Waals surface area (Å²) in [6.07, 6.45) is 2.10. The molecule has 2 heterocycles. The molecule has 0 radical (unpaired) electrons. The highest BCUT2D eigenvalue weighted by atomic mass is 32.1. The molecule has 0 aromatic carbocycles. The summed E-state index contributed by atoms with van der Waals surface area (Å²) >= 11 is 1.72. The van der Waals surface area contributed by atoms with Crippen molar-refractivity contribution < 1.29 is 0 Å². The number of thiophene rings is 1. The molecule has 0 saturated heterocycles. The first-order valence-electron chi connectivity index (χ1n) is 6.07. The number of anilines is 1. The van der Waals surface area contributed by atoms with Crippen molar-refractivity contribution in [2.45, 2.75) is 32.7 Å². The van der Waals surface area contributed by atoms with E-state index in [0.29, 0.717) is 11.6 Å². The molecule has 2 rings (SSSR count). The Morgan fingerprint density at radius 1 is 1.56 bits per heavy atom. The fourth-order valence-corrected chi connectivity index (χ4v) is 2.71. The molecule has 1 unspecified atom stereocenters. The molecular formula is C13H17N3OS. The van der Waals surface area contributed by atoms with Gasteiger partial charge in [-0.1, -0.05) is 19.4 Å². The average molecular weight is 263 g/mol. The van der Waals surface area contributed by atoms with Gasteiger partial charge in [-0.25, -0.2) is 4.98 Å². The van der Waals surface area contributed by atoms with E-state index in [4.69, 9.17) is 0 Å². The SMILES string of the molecule is CCCC(Nc1cc(=O)[nH]c(C)n1)c1cccs1. The number of rotatable bonds is 5. The standard InChI is InChI=1S/C13H17N3OS/c1-3-5-10(11-6-4-7-18-11)16-12-8-13(17)15-9(2)14-12/h4,6-8,10H,3,5H2,1-2H3,(H2,14,15,16,17). The molecule has 96 valence electrons. The van der Waals surface area contributed by atoms with E-state index in [1.54, 1.807) is 18.3 Å². The lowest BCUT2D eigenvalue weighted by Gasteiger charge is -2.17. The summed E-state index contributed by atoms with van der Waals surface area (Å²) in [4.78, 5) is 19.6. The first kappa shape index (κ1) is 12.8. The lowest BCUT2D eigenvalue weighted by Crippen LogP contribution is -2.15. The highest BCUT2D eigenvalue weighted by Crippen LogP contribution is 2.26. The molecular weight excluding hydrogens is 246 g/mol. The van der Waals surface area contributed by atoms with Crippen LogP contribution >= 0.6 is 11.3 Å². The predicted molar refractivity (Wildman–Crippen MR) is 75.2 cm³/mol. The summed E-state index contributed by atoms with van der Waals surface area (Å²) in [5, 5.41) is 5.41. The molecule has 0 aliphatic rings. The summed E-state index contributed by atoms with van der Waals surface area (Å²) in [5.41, 5.74) is -0.119. The first-order chi connectivity index (χ1) is 8.69. The highest BCUT2D eigenvalue weighted by Gasteiger charge is 2.12. The van der Waals surface area contributed by atoms with Crippen LogP contribution in [0.5, 0.6) is 0 Å². The van der Waals surface area contributed by atoms with Gasteiger partial charge in [0.2, 0.25) is 0 Å². The predicted octanol–water partition coefficient (Wildman–Crippen LogP) is 3.09. The molecule has 0 amide bonds. The van der Waals surface area contributed by atoms with E-state index in [1.807, 2.05) is 6.07 Å². The van der Waals surface area contributed by atoms with E-state index in [1.165, 1.54) is 10.9 Å². The number of aryl methyl sites for hydroxylation is 1. The molecule has 0 aliphatic carbocycles. The number of aromatic amines is 1. The van der Waals surface area contributed by atoms with Crippen molar-refractivity contribution in [3.63, 3.8) is 0 Å². The molecule has 0 bridgehead atoms. The van der Waals surface area contributed by atoms with Crippen LogP contribution in [0.2, 0.25) is 0 Å². The normalized spacial score (nSPS) is 12.3. The van der Waals surface area contributed by atoms with Gasteiger partial charge in [0.15, 0.2) is 0 Å². The molecule has 5 heteroatoms. The lowest BCUT2D eigenvalue weighted by atomic mass is 10.1. The van der Waals surface area contributed by atoms with Gasteiger partial charge in [0, 0.05) is 10.9 Å². The van der Waals surface area contributed by atoms with E-state index in [9.17, 15) is 4.79 Å². The topological polar surface area (TPSA) is 57.8 Å². The van der Waals surface area contributed by atoms with Crippen molar-refractivity contribution in [2.24, 2.45) is 0 Å². The van der Waals surface area contributed by atoms with E-state index in [2.05, 4.69) is 33.7 Å². The zero-order valence-electron chi connectivity index (χ0n) is 10.6. The second-order valence-corrected chi connectivity index (χ2v) is 5.20. The van der Waals surface area contributed by atoms with Gasteiger partial charge in [-0.15, -0.1) is 11.3 Å². The van der Waals surface area contributed by atoms with Crippen molar-refractivity contribution in [2.75, 3.05) is 5.32 Å². The fourth-order valence-electron chi connectivity index (χ4n) is 1.90. The minimum absolute atomic E-state index is 0.119. The maximum absolute atomic E-state index is 11.4. The van der Waals surface area contributed by atoms with Crippen molar-refractivity contribution >= 4 is 17.2 Å². The Morgan fingerprint density at radius 3 is 3.00 bits per heavy atom. The Bertz CT molecular complexity index is 548. The molecule has 2 N–H and O–H groups in total. The lowest BCUT2D eigenvalue weighted by molar-refractivity contribution is 0.683. The van der Waals surface area contributed by atoms with Crippen LogP contribution < -0.4 is 10.9 Å². The number of hydrogen-bond donors (Lipinski definition) is 2. The van der Waals surface area contributed by atoms with Gasteiger partial charge < -0.3 is 10.3 Å². The third kappa shape index (κ3) is 3.20. The van der Waals surface area contributed by atoms with Crippen LogP contribution in [0.1, 0.15) is 36.5 Å². The molecule has 0 spiro atoms. The molecule has 2 aromatic heterocycles. The molecule has 0 saturated carbocycles. The number of hydrogen-bond acceptors (Lipinski definition) is 4. The Hall–Kier alpha value is -1.62. The summed E-state index contributed by atoms with van der Waals surface area (Å²) in [5.74, 6) is 1.27. The highest BCUT2D eigenvalue weighted by molar-refractivity contribution is 7.10. The molecule has 2 aromatic rings. The molecule has 18 heavy (non-hydrogen) atoms. The van der Waals surface area contributed by atoms with Crippen molar-refractivity contribution in [1.29, 1.82) is 0 Å². The van der Waals surface area contributed by atoms with E-state index < -0.39 is 0 Å². The second-order valence-electron chi connectivity index (χ2n) is 4.22. The Labute approximate surface area is 110 Å². The quantitative estimate of drug-likeness (QED) is 0.871. The molecule has 0 aliphatic heterocycles. The second kappa shape index (κ2) is 5.82. The Kier molecular flexibility index (Phi) is 4.15. The summed E-state index contributed by atoms with van der Waals surface area (Å²) in [7, 11) is 0. The van der Waals surface area contributed by atoms with Crippen LogP contribution in [0, 0.1) is 6.92 Å². The minimum Gasteiger partial charge on any atom is -0.362 e. The van der Waals surface area contributed by atoms with Crippen LogP contribution in [0.4, 0.5) is 5.82 Å². The van der Waals surface area contributed by atoms with Gasteiger partial charge in [0.25, 0.3) is 5.56 Å². The molecule has 0 fully saturated rings. The zero-order chi connectivity index (χ0) is 13.0. The Morgan fingerprint density at radius 2 is 2.39 bits per heavy atom. The smallest absolute Gasteiger partial charge is 0.252 e. The van der Waals surface area contributed by atoms with Crippen LogP contribution in [0.25, 0.3) is 0 Å². The van der Waals surface area contributed by atoms with E-state index in [-0.39, 0.29) is 11.6 Å². The molecule has 4 nitrogen and oxygen atoms in total. The summed E-state index contributed by atoms with van der Waals surface area (Å²) in [6, 6.07) is 5.88.